The van der Waals surface area contributed by atoms with E-state index in [0.29, 0.717) is 30.9 Å². The molecule has 5 nitrogen and oxygen atoms in total. The topological polar surface area (TPSA) is 55.8 Å². The Hall–Kier alpha value is -2.61. The second-order valence-electron chi connectivity index (χ2n) is 9.26. The summed E-state index contributed by atoms with van der Waals surface area (Å²) in [6.07, 6.45) is 4.56. The Morgan fingerprint density at radius 1 is 0.943 bits per heavy atom. The first-order chi connectivity index (χ1) is 17.0. The molecule has 0 aromatic heterocycles. The molecule has 0 saturated carbocycles. The van der Waals surface area contributed by atoms with Crippen LogP contribution in [0.4, 0.5) is 0 Å². The molecule has 0 radical (unpaired) electrons. The molecule has 0 unspecified atom stereocenters. The van der Waals surface area contributed by atoms with Crippen molar-refractivity contribution in [1.82, 2.24) is 4.90 Å². The molecule has 35 heavy (non-hydrogen) atoms. The Morgan fingerprint density at radius 3 is 2.14 bits per heavy atom. The molecule has 1 heterocycles. The molecule has 0 fully saturated rings. The summed E-state index contributed by atoms with van der Waals surface area (Å²) in [5.41, 5.74) is 5.85. The molecule has 2 aliphatic carbocycles. The maximum absolute atomic E-state index is 13.3. The fourth-order valence-corrected chi connectivity index (χ4v) is 6.49. The standard InChI is InChI=1S/C29H30INO4/c1-3-31-21-11-7-13-23(32)27(21)26(28-22(31)12-8-14-24(28)33)19-15-20(30)29(25(16-19)34-2)35-17-18-9-5-4-6-10-18/h4-6,9-10,15-16,26H,3,7-8,11-14,17H2,1-2H3. The zero-order valence-electron chi connectivity index (χ0n) is 20.2. The predicted molar refractivity (Wildman–Crippen MR) is 143 cm³/mol. The van der Waals surface area contributed by atoms with Crippen molar-refractivity contribution >= 4 is 34.2 Å². The molecule has 0 bridgehead atoms. The predicted octanol–water partition coefficient (Wildman–Crippen LogP) is 6.31. The zero-order valence-corrected chi connectivity index (χ0v) is 22.4. The molecular formula is C29H30INO4. The molecule has 0 amide bonds. The highest BCUT2D eigenvalue weighted by Gasteiger charge is 2.43. The number of halogens is 1. The number of hydrogen-bond donors (Lipinski definition) is 0. The van der Waals surface area contributed by atoms with Gasteiger partial charge in [0.15, 0.2) is 23.1 Å². The summed E-state index contributed by atoms with van der Waals surface area (Å²) in [5.74, 6) is 1.29. The average molecular weight is 583 g/mol. The van der Waals surface area contributed by atoms with Gasteiger partial charge in [-0.2, -0.15) is 0 Å². The van der Waals surface area contributed by atoms with Crippen molar-refractivity contribution < 1.29 is 19.1 Å². The van der Waals surface area contributed by atoms with Gasteiger partial charge in [-0.3, -0.25) is 9.59 Å². The molecule has 182 valence electrons. The Balaban J connectivity index is 1.61. The van der Waals surface area contributed by atoms with Gasteiger partial charge in [0.25, 0.3) is 0 Å². The van der Waals surface area contributed by atoms with E-state index in [-0.39, 0.29) is 17.5 Å². The first-order valence-electron chi connectivity index (χ1n) is 12.4. The molecule has 3 aliphatic rings. The van der Waals surface area contributed by atoms with Crippen molar-refractivity contribution in [3.63, 3.8) is 0 Å². The summed E-state index contributed by atoms with van der Waals surface area (Å²) in [6.45, 7) is 3.32. The van der Waals surface area contributed by atoms with Gasteiger partial charge in [0, 0.05) is 47.8 Å². The monoisotopic (exact) mass is 583 g/mol. The highest BCUT2D eigenvalue weighted by molar-refractivity contribution is 14.1. The van der Waals surface area contributed by atoms with Crippen molar-refractivity contribution in [2.24, 2.45) is 0 Å². The van der Waals surface area contributed by atoms with E-state index < -0.39 is 0 Å². The van der Waals surface area contributed by atoms with Crippen LogP contribution in [0.5, 0.6) is 11.5 Å². The van der Waals surface area contributed by atoms with Crippen LogP contribution in [0, 0.1) is 3.57 Å². The van der Waals surface area contributed by atoms with Gasteiger partial charge in [-0.05, 0) is 78.5 Å². The third kappa shape index (κ3) is 4.41. The molecule has 0 saturated heterocycles. The van der Waals surface area contributed by atoms with E-state index in [1.165, 1.54) is 0 Å². The van der Waals surface area contributed by atoms with Gasteiger partial charge in [-0.15, -0.1) is 0 Å². The van der Waals surface area contributed by atoms with E-state index in [1.54, 1.807) is 7.11 Å². The van der Waals surface area contributed by atoms with Crippen LogP contribution in [-0.2, 0) is 16.2 Å². The van der Waals surface area contributed by atoms with Crippen molar-refractivity contribution in [2.45, 2.75) is 58.0 Å². The summed E-state index contributed by atoms with van der Waals surface area (Å²) >= 11 is 2.27. The minimum atomic E-state index is -0.339. The molecule has 0 N–H and O–H groups in total. The number of ether oxygens (including phenoxy) is 2. The number of benzene rings is 2. The number of hydrogen-bond acceptors (Lipinski definition) is 5. The van der Waals surface area contributed by atoms with Gasteiger partial charge in [0.1, 0.15) is 6.61 Å². The summed E-state index contributed by atoms with van der Waals surface area (Å²) < 4.78 is 12.9. The van der Waals surface area contributed by atoms with E-state index in [9.17, 15) is 9.59 Å². The summed E-state index contributed by atoms with van der Waals surface area (Å²) in [6, 6.07) is 14.1. The Kier molecular flexibility index (Phi) is 7.00. The van der Waals surface area contributed by atoms with Crippen molar-refractivity contribution in [2.75, 3.05) is 13.7 Å². The van der Waals surface area contributed by atoms with E-state index >= 15 is 0 Å². The second kappa shape index (κ2) is 10.2. The number of allylic oxidation sites excluding steroid dienone is 4. The average Bonchev–Trinajstić information content (AvgIpc) is 2.87. The highest BCUT2D eigenvalue weighted by atomic mass is 127. The number of methoxy groups -OCH3 is 1. The lowest BCUT2D eigenvalue weighted by molar-refractivity contribution is -0.117. The number of carbonyl (C=O) groups is 2. The smallest absolute Gasteiger partial charge is 0.174 e. The van der Waals surface area contributed by atoms with Crippen molar-refractivity contribution in [1.29, 1.82) is 0 Å². The fraction of sp³-hybridized carbons (Fsp3) is 0.379. The molecule has 2 aromatic carbocycles. The number of rotatable bonds is 6. The number of ketones is 2. The number of Topliss-reactive ketones (excluding diaryl/α,β-unsaturated/α-hetero) is 2. The third-order valence-electron chi connectivity index (χ3n) is 7.21. The first-order valence-corrected chi connectivity index (χ1v) is 13.5. The van der Waals surface area contributed by atoms with Crippen molar-refractivity contribution in [3.8, 4) is 11.5 Å². The molecule has 1 aliphatic heterocycles. The highest BCUT2D eigenvalue weighted by Crippen LogP contribution is 2.50. The largest absolute Gasteiger partial charge is 0.493 e. The molecule has 2 aromatic rings. The summed E-state index contributed by atoms with van der Waals surface area (Å²) in [7, 11) is 1.64. The molecule has 5 rings (SSSR count). The van der Waals surface area contributed by atoms with E-state index in [0.717, 1.165) is 69.5 Å². The van der Waals surface area contributed by atoms with Crippen LogP contribution < -0.4 is 9.47 Å². The van der Waals surface area contributed by atoms with E-state index in [1.807, 2.05) is 36.4 Å². The van der Waals surface area contributed by atoms with Crippen LogP contribution in [0.2, 0.25) is 0 Å². The minimum absolute atomic E-state index is 0.165. The first kappa shape index (κ1) is 24.1. The third-order valence-corrected chi connectivity index (χ3v) is 8.02. The molecular weight excluding hydrogens is 553 g/mol. The van der Waals surface area contributed by atoms with Gasteiger partial charge in [0.05, 0.1) is 10.7 Å². The van der Waals surface area contributed by atoms with Crippen LogP contribution in [0.1, 0.15) is 62.5 Å². The Bertz CT molecular complexity index is 1190. The van der Waals surface area contributed by atoms with Gasteiger partial charge in [-0.25, -0.2) is 0 Å². The summed E-state index contributed by atoms with van der Waals surface area (Å²) in [5, 5.41) is 0. The maximum atomic E-state index is 13.3. The number of carbonyl (C=O) groups excluding carboxylic acids is 2. The van der Waals surface area contributed by atoms with E-state index in [2.05, 4.69) is 40.5 Å². The van der Waals surface area contributed by atoms with Crippen LogP contribution in [0.15, 0.2) is 65.0 Å². The molecule has 0 spiro atoms. The summed E-state index contributed by atoms with van der Waals surface area (Å²) in [4.78, 5) is 28.9. The fourth-order valence-electron chi connectivity index (χ4n) is 5.71. The van der Waals surface area contributed by atoms with Gasteiger partial charge in [-0.1, -0.05) is 30.3 Å². The second-order valence-corrected chi connectivity index (χ2v) is 10.4. The maximum Gasteiger partial charge on any atom is 0.174 e. The van der Waals surface area contributed by atoms with Crippen LogP contribution in [-0.4, -0.2) is 30.1 Å². The Labute approximate surface area is 220 Å². The number of nitrogens with zero attached hydrogens (tertiary/aromatic N) is 1. The zero-order chi connectivity index (χ0) is 24.5. The lowest BCUT2D eigenvalue weighted by Gasteiger charge is -2.43. The van der Waals surface area contributed by atoms with Crippen molar-refractivity contribution in [3.05, 3.63) is 79.7 Å². The molecule has 0 atom stereocenters. The molecule has 6 heteroatoms. The lowest BCUT2D eigenvalue weighted by Crippen LogP contribution is -2.39. The normalized spacial score (nSPS) is 18.5. The Morgan fingerprint density at radius 2 is 1.57 bits per heavy atom. The minimum Gasteiger partial charge on any atom is -0.493 e. The van der Waals surface area contributed by atoms with Gasteiger partial charge >= 0.3 is 0 Å². The van der Waals surface area contributed by atoms with Crippen LogP contribution in [0.25, 0.3) is 0 Å². The van der Waals surface area contributed by atoms with Gasteiger partial charge < -0.3 is 14.4 Å². The quantitative estimate of drug-likeness (QED) is 0.373. The lowest BCUT2D eigenvalue weighted by atomic mass is 9.71. The SMILES string of the molecule is CCN1C2=C(C(=O)CCC2)C(c2cc(I)c(OCc3ccccc3)c(OC)c2)C2=C1CCCC2=O. The van der Waals surface area contributed by atoms with Crippen LogP contribution >= 0.6 is 22.6 Å². The van der Waals surface area contributed by atoms with Crippen LogP contribution in [0.3, 0.4) is 0 Å². The van der Waals surface area contributed by atoms with E-state index in [4.69, 9.17) is 9.47 Å². The van der Waals surface area contributed by atoms with Gasteiger partial charge in [0.2, 0.25) is 0 Å².